The lowest BCUT2D eigenvalue weighted by atomic mass is 9.64. The largest absolute Gasteiger partial charge is 0.416 e. The van der Waals surface area contributed by atoms with Gasteiger partial charge in [0.25, 0.3) is 5.91 Å². The van der Waals surface area contributed by atoms with Crippen LogP contribution in [0.25, 0.3) is 0 Å². The van der Waals surface area contributed by atoms with Crippen molar-refractivity contribution in [3.05, 3.63) is 70.7 Å². The summed E-state index contributed by atoms with van der Waals surface area (Å²) in [6.45, 7) is 4.46. The van der Waals surface area contributed by atoms with Crippen LogP contribution >= 0.6 is 11.6 Å². The van der Waals surface area contributed by atoms with Gasteiger partial charge in [0.05, 0.1) is 11.3 Å². The van der Waals surface area contributed by atoms with E-state index in [0.717, 1.165) is 23.1 Å². The van der Waals surface area contributed by atoms with Crippen molar-refractivity contribution in [2.45, 2.75) is 38.0 Å². The summed E-state index contributed by atoms with van der Waals surface area (Å²) in [7, 11) is 0. The molecule has 1 saturated heterocycles. The number of halogens is 5. The Labute approximate surface area is 198 Å². The Bertz CT molecular complexity index is 1090. The van der Waals surface area contributed by atoms with Gasteiger partial charge in [-0.05, 0) is 43.5 Å². The first-order valence-electron chi connectivity index (χ1n) is 10.3. The average molecular weight is 500 g/mol. The fourth-order valence-corrected chi connectivity index (χ4v) is 4.20. The predicted molar refractivity (Wildman–Crippen MR) is 116 cm³/mol. The molecule has 34 heavy (non-hydrogen) atoms. The molecule has 6 nitrogen and oxygen atoms in total. The summed E-state index contributed by atoms with van der Waals surface area (Å²) >= 11 is 5.81. The zero-order valence-corrected chi connectivity index (χ0v) is 18.9. The van der Waals surface area contributed by atoms with Crippen LogP contribution in [0.4, 0.5) is 17.6 Å². The smallest absolute Gasteiger partial charge is 0.369 e. The highest BCUT2D eigenvalue weighted by atomic mass is 35.5. The van der Waals surface area contributed by atoms with Crippen molar-refractivity contribution in [3.8, 4) is 0 Å². The molecule has 1 aliphatic carbocycles. The van der Waals surface area contributed by atoms with Gasteiger partial charge in [-0.15, -0.1) is 0 Å². The molecule has 3 amide bonds. The topological polar surface area (TPSA) is 83.7 Å². The van der Waals surface area contributed by atoms with Crippen molar-refractivity contribution >= 4 is 29.3 Å². The second-order valence-corrected chi connectivity index (χ2v) is 8.65. The number of primary amides is 1. The molecule has 0 aromatic heterocycles. The number of hydrogen-bond donors (Lipinski definition) is 1. The van der Waals surface area contributed by atoms with E-state index in [4.69, 9.17) is 17.3 Å². The van der Waals surface area contributed by atoms with E-state index in [9.17, 15) is 31.9 Å². The van der Waals surface area contributed by atoms with Crippen LogP contribution in [-0.2, 0) is 27.1 Å². The molecule has 11 heteroatoms. The number of hydrogen-bond acceptors (Lipinski definition) is 3. The average Bonchev–Trinajstić information content (AvgIpc) is 2.73. The second-order valence-electron chi connectivity index (χ2n) is 8.22. The number of nitrogens with two attached hydrogens (primary N) is 1. The Morgan fingerprint density at radius 3 is 2.35 bits per heavy atom. The first kappa shape index (κ1) is 25.5. The van der Waals surface area contributed by atoms with Gasteiger partial charge < -0.3 is 10.6 Å². The molecule has 1 aliphatic heterocycles. The first-order valence-corrected chi connectivity index (χ1v) is 10.6. The summed E-state index contributed by atoms with van der Waals surface area (Å²) < 4.78 is 53.2. The molecule has 182 valence electrons. The SMILES string of the molecule is C=C(/C(F)=C\C(Cl)=C/C)N1CC(=O)N(Cc2ccc(C(F)(F)F)cc2)C2(CC(C(N)=O)C2)C1=O. The summed E-state index contributed by atoms with van der Waals surface area (Å²) in [5.41, 5.74) is 3.00. The van der Waals surface area contributed by atoms with Crippen molar-refractivity contribution in [1.82, 2.24) is 9.80 Å². The summed E-state index contributed by atoms with van der Waals surface area (Å²) in [6, 6.07) is 4.19. The minimum atomic E-state index is -4.52. The van der Waals surface area contributed by atoms with E-state index in [0.29, 0.717) is 5.56 Å². The molecule has 2 aliphatic rings. The standard InChI is InChI=1S/C23H22ClF4N3O3/c1-3-17(24)8-18(25)13(2)30-12-19(32)31(22(21(30)34)9-15(10-22)20(29)33)11-14-4-6-16(7-5-14)23(26,27)28/h3-8,15H,2,9-12H2,1H3,(H2,29,33)/b17-3+,18-8+. The number of allylic oxidation sites excluding steroid dienone is 4. The highest BCUT2D eigenvalue weighted by Gasteiger charge is 2.61. The number of rotatable bonds is 6. The number of nitrogens with zero attached hydrogens (tertiary/aromatic N) is 2. The summed E-state index contributed by atoms with van der Waals surface area (Å²) in [6.07, 6.45) is -2.31. The summed E-state index contributed by atoms with van der Waals surface area (Å²) in [5.74, 6) is -3.48. The van der Waals surface area contributed by atoms with Crippen LogP contribution in [0.1, 0.15) is 30.9 Å². The highest BCUT2D eigenvalue weighted by molar-refractivity contribution is 6.31. The van der Waals surface area contributed by atoms with Crippen LogP contribution in [-0.4, -0.2) is 39.6 Å². The van der Waals surface area contributed by atoms with Gasteiger partial charge in [-0.25, -0.2) is 4.39 Å². The molecule has 2 N–H and O–H groups in total. The molecule has 2 fully saturated rings. The third kappa shape index (κ3) is 4.72. The van der Waals surface area contributed by atoms with Crippen LogP contribution in [0.15, 0.2) is 59.6 Å². The Morgan fingerprint density at radius 1 is 1.26 bits per heavy atom. The monoisotopic (exact) mass is 499 g/mol. The van der Waals surface area contributed by atoms with E-state index in [1.807, 2.05) is 0 Å². The van der Waals surface area contributed by atoms with Crippen LogP contribution in [0.2, 0.25) is 0 Å². The zero-order chi connectivity index (χ0) is 25.4. The van der Waals surface area contributed by atoms with Crippen molar-refractivity contribution in [2.75, 3.05) is 6.54 Å². The molecule has 3 rings (SSSR count). The molecule has 0 bridgehead atoms. The molecule has 0 radical (unpaired) electrons. The fourth-order valence-electron chi connectivity index (χ4n) is 4.11. The van der Waals surface area contributed by atoms with Crippen molar-refractivity contribution in [3.63, 3.8) is 0 Å². The first-order chi connectivity index (χ1) is 15.8. The molecule has 0 unspecified atom stereocenters. The zero-order valence-electron chi connectivity index (χ0n) is 18.2. The molecule has 1 heterocycles. The van der Waals surface area contributed by atoms with Gasteiger partial charge >= 0.3 is 6.18 Å². The lowest BCUT2D eigenvalue weighted by molar-refractivity contribution is -0.176. The number of benzene rings is 1. The van der Waals surface area contributed by atoms with Crippen molar-refractivity contribution in [1.29, 1.82) is 0 Å². The van der Waals surface area contributed by atoms with Crippen LogP contribution < -0.4 is 5.73 Å². The molecule has 1 saturated carbocycles. The number of carbonyl (C=O) groups is 3. The Hall–Kier alpha value is -3.14. The Morgan fingerprint density at radius 2 is 1.85 bits per heavy atom. The third-order valence-corrected chi connectivity index (χ3v) is 6.42. The third-order valence-electron chi connectivity index (χ3n) is 6.09. The Kier molecular flexibility index (Phi) is 6.93. The van der Waals surface area contributed by atoms with Gasteiger partial charge in [0.2, 0.25) is 11.8 Å². The molecule has 1 aromatic carbocycles. The highest BCUT2D eigenvalue weighted by Crippen LogP contribution is 2.47. The van der Waals surface area contributed by atoms with Crippen molar-refractivity contribution < 1.29 is 31.9 Å². The Balaban J connectivity index is 1.92. The summed E-state index contributed by atoms with van der Waals surface area (Å²) in [4.78, 5) is 40.3. The van der Waals surface area contributed by atoms with Crippen LogP contribution in [0.5, 0.6) is 0 Å². The number of carbonyl (C=O) groups excluding carboxylic acids is 3. The molecule has 0 atom stereocenters. The van der Waals surface area contributed by atoms with E-state index >= 15 is 0 Å². The quantitative estimate of drug-likeness (QED) is 0.474. The lowest BCUT2D eigenvalue weighted by Gasteiger charge is -2.56. The van der Waals surface area contributed by atoms with Gasteiger partial charge in [0.1, 0.15) is 17.9 Å². The van der Waals surface area contributed by atoms with E-state index in [2.05, 4.69) is 6.58 Å². The minimum Gasteiger partial charge on any atom is -0.369 e. The van der Waals surface area contributed by atoms with Gasteiger partial charge in [0.15, 0.2) is 0 Å². The van der Waals surface area contributed by atoms with E-state index < -0.39 is 53.3 Å². The van der Waals surface area contributed by atoms with Crippen molar-refractivity contribution in [2.24, 2.45) is 11.7 Å². The second kappa shape index (κ2) is 9.25. The summed E-state index contributed by atoms with van der Waals surface area (Å²) in [5, 5.41) is 0.0607. The predicted octanol–water partition coefficient (Wildman–Crippen LogP) is 4.02. The van der Waals surface area contributed by atoms with Gasteiger partial charge in [-0.2, -0.15) is 13.2 Å². The van der Waals surface area contributed by atoms with Crippen LogP contribution in [0.3, 0.4) is 0 Å². The normalized spacial score (nSPS) is 23.9. The lowest BCUT2D eigenvalue weighted by Crippen LogP contribution is -2.73. The number of alkyl halides is 3. The van der Waals surface area contributed by atoms with Gasteiger partial charge in [0, 0.05) is 17.5 Å². The maximum Gasteiger partial charge on any atom is 0.416 e. The molecular formula is C23H22ClF4N3O3. The van der Waals surface area contributed by atoms with Gasteiger partial charge in [-0.3, -0.25) is 19.3 Å². The van der Waals surface area contributed by atoms with Gasteiger partial charge in [-0.1, -0.05) is 36.4 Å². The molecule has 1 spiro atoms. The fraction of sp³-hybridized carbons (Fsp3) is 0.348. The van der Waals surface area contributed by atoms with E-state index in [1.165, 1.54) is 23.1 Å². The maximum absolute atomic E-state index is 14.6. The van der Waals surface area contributed by atoms with Crippen LogP contribution in [0, 0.1) is 5.92 Å². The number of piperazine rings is 1. The van der Waals surface area contributed by atoms with E-state index in [-0.39, 0.29) is 30.1 Å². The molecule has 1 aromatic rings. The minimum absolute atomic E-state index is 0.0607. The maximum atomic E-state index is 14.6. The van der Waals surface area contributed by atoms with E-state index in [1.54, 1.807) is 6.92 Å². The molecular weight excluding hydrogens is 478 g/mol. The number of amides is 3.